The molecule has 2 aromatic carbocycles. The van der Waals surface area contributed by atoms with Gasteiger partial charge >= 0.3 is 5.97 Å². The maximum absolute atomic E-state index is 12.3. The number of benzene rings is 2. The standard InChI is InChI=1S/C20H16Cl3NO2/c1-26-20(25)13-6-8-15(22)19-17(13)11-3-2-4-12(11)18(24-19)10-5-7-14(21)16(23)9-10/h2-3,5-9,11-12,18,24H,4H2,1H3/t11-,12+,18+/m1/s1. The van der Waals surface area contributed by atoms with Gasteiger partial charge in [0.25, 0.3) is 0 Å². The quantitative estimate of drug-likeness (QED) is 0.471. The highest BCUT2D eigenvalue weighted by atomic mass is 35.5. The highest BCUT2D eigenvalue weighted by molar-refractivity contribution is 6.42. The molecule has 0 unspecified atom stereocenters. The van der Waals surface area contributed by atoms with Crippen molar-refractivity contribution in [3.8, 4) is 0 Å². The maximum atomic E-state index is 12.3. The Morgan fingerprint density at radius 1 is 1.12 bits per heavy atom. The lowest BCUT2D eigenvalue weighted by Crippen LogP contribution is -2.30. The second-order valence-electron chi connectivity index (χ2n) is 6.52. The van der Waals surface area contributed by atoms with Crippen LogP contribution >= 0.6 is 34.8 Å². The molecule has 2 aliphatic rings. The number of carbonyl (C=O) groups excluding carboxylic acids is 1. The summed E-state index contributed by atoms with van der Waals surface area (Å²) >= 11 is 18.8. The molecule has 1 aliphatic carbocycles. The molecule has 26 heavy (non-hydrogen) atoms. The molecule has 3 atom stereocenters. The van der Waals surface area contributed by atoms with Crippen LogP contribution < -0.4 is 5.32 Å². The van der Waals surface area contributed by atoms with Crippen molar-refractivity contribution in [3.63, 3.8) is 0 Å². The fraction of sp³-hybridized carbons (Fsp3) is 0.250. The molecular weight excluding hydrogens is 393 g/mol. The van der Waals surface area contributed by atoms with Crippen molar-refractivity contribution in [2.75, 3.05) is 12.4 Å². The molecule has 1 aliphatic heterocycles. The van der Waals surface area contributed by atoms with E-state index in [-0.39, 0.29) is 23.8 Å². The summed E-state index contributed by atoms with van der Waals surface area (Å²) in [5.74, 6) is -0.0214. The van der Waals surface area contributed by atoms with E-state index in [1.807, 2.05) is 12.1 Å². The second kappa shape index (κ2) is 6.80. The van der Waals surface area contributed by atoms with Crippen LogP contribution in [-0.2, 0) is 4.74 Å². The van der Waals surface area contributed by atoms with Crippen LogP contribution in [-0.4, -0.2) is 13.1 Å². The molecule has 0 saturated heterocycles. The molecule has 4 rings (SSSR count). The maximum Gasteiger partial charge on any atom is 0.338 e. The lowest BCUT2D eigenvalue weighted by Gasteiger charge is -2.38. The van der Waals surface area contributed by atoms with Gasteiger partial charge in [-0.2, -0.15) is 0 Å². The first kappa shape index (κ1) is 17.7. The Labute approximate surface area is 166 Å². The molecule has 1 heterocycles. The third-order valence-corrected chi connectivity index (χ3v) is 6.23. The van der Waals surface area contributed by atoms with E-state index in [2.05, 4.69) is 17.5 Å². The van der Waals surface area contributed by atoms with Gasteiger partial charge in [-0.1, -0.05) is 53.0 Å². The summed E-state index contributed by atoms with van der Waals surface area (Å²) < 4.78 is 4.97. The molecule has 0 fully saturated rings. The number of fused-ring (bicyclic) bond motifs is 3. The Morgan fingerprint density at radius 3 is 2.62 bits per heavy atom. The van der Waals surface area contributed by atoms with Gasteiger partial charge in [0.15, 0.2) is 0 Å². The van der Waals surface area contributed by atoms with E-state index in [0.717, 1.165) is 23.2 Å². The lowest BCUT2D eigenvalue weighted by atomic mass is 9.75. The van der Waals surface area contributed by atoms with Crippen molar-refractivity contribution in [2.24, 2.45) is 5.92 Å². The van der Waals surface area contributed by atoms with Crippen LogP contribution in [0, 0.1) is 5.92 Å². The molecule has 0 amide bonds. The Hall–Kier alpha value is -1.68. The Morgan fingerprint density at radius 2 is 1.88 bits per heavy atom. The van der Waals surface area contributed by atoms with Crippen molar-refractivity contribution in [1.29, 1.82) is 0 Å². The van der Waals surface area contributed by atoms with Crippen molar-refractivity contribution < 1.29 is 9.53 Å². The second-order valence-corrected chi connectivity index (χ2v) is 7.75. The number of hydrogen-bond donors (Lipinski definition) is 1. The highest BCUT2D eigenvalue weighted by Crippen LogP contribution is 2.53. The molecule has 0 saturated carbocycles. The summed E-state index contributed by atoms with van der Waals surface area (Å²) in [6, 6.07) is 9.15. The van der Waals surface area contributed by atoms with Gasteiger partial charge in [-0.05, 0) is 47.7 Å². The third-order valence-electron chi connectivity index (χ3n) is 5.18. The smallest absolute Gasteiger partial charge is 0.338 e. The average molecular weight is 409 g/mol. The summed E-state index contributed by atoms with van der Waals surface area (Å²) in [5.41, 5.74) is 3.27. The van der Waals surface area contributed by atoms with Crippen LogP contribution in [0.15, 0.2) is 42.5 Å². The van der Waals surface area contributed by atoms with E-state index in [1.165, 1.54) is 7.11 Å². The topological polar surface area (TPSA) is 38.3 Å². The number of allylic oxidation sites excluding steroid dienone is 2. The molecule has 0 aromatic heterocycles. The zero-order valence-corrected chi connectivity index (χ0v) is 16.2. The minimum absolute atomic E-state index is 0.0164. The monoisotopic (exact) mass is 407 g/mol. The third kappa shape index (κ3) is 2.79. The molecule has 0 radical (unpaired) electrons. The Bertz CT molecular complexity index is 926. The Kier molecular flexibility index (Phi) is 4.64. The molecule has 2 aromatic rings. The summed E-state index contributed by atoms with van der Waals surface area (Å²) in [6.45, 7) is 0. The number of hydrogen-bond acceptors (Lipinski definition) is 3. The summed E-state index contributed by atoms with van der Waals surface area (Å²) in [4.78, 5) is 12.3. The molecule has 3 nitrogen and oxygen atoms in total. The van der Waals surface area contributed by atoms with E-state index >= 15 is 0 Å². The first-order chi connectivity index (χ1) is 12.5. The van der Waals surface area contributed by atoms with Gasteiger partial charge in [0.2, 0.25) is 0 Å². The SMILES string of the molecule is COC(=O)c1ccc(Cl)c2c1[C@@H]1C=CC[C@@H]1[C@H](c1ccc(Cl)c(Cl)c1)N2. The number of ether oxygens (including phenoxy) is 1. The highest BCUT2D eigenvalue weighted by Gasteiger charge is 2.41. The molecule has 1 N–H and O–H groups in total. The van der Waals surface area contributed by atoms with E-state index in [9.17, 15) is 4.79 Å². The largest absolute Gasteiger partial charge is 0.465 e. The lowest BCUT2D eigenvalue weighted by molar-refractivity contribution is 0.0598. The van der Waals surface area contributed by atoms with Crippen molar-refractivity contribution >= 4 is 46.5 Å². The molecule has 134 valence electrons. The number of carbonyl (C=O) groups is 1. The van der Waals surface area contributed by atoms with E-state index < -0.39 is 0 Å². The van der Waals surface area contributed by atoms with Gasteiger partial charge < -0.3 is 10.1 Å². The molecule has 0 bridgehead atoms. The number of rotatable bonds is 2. The summed E-state index contributed by atoms with van der Waals surface area (Å²) in [5, 5.41) is 5.17. The van der Waals surface area contributed by atoms with Crippen LogP contribution in [0.2, 0.25) is 15.1 Å². The van der Waals surface area contributed by atoms with E-state index in [0.29, 0.717) is 20.6 Å². The molecular formula is C20H16Cl3NO2. The molecule has 0 spiro atoms. The average Bonchev–Trinajstić information content (AvgIpc) is 3.13. The minimum Gasteiger partial charge on any atom is -0.465 e. The normalized spacial score (nSPS) is 23.2. The first-order valence-corrected chi connectivity index (χ1v) is 9.43. The minimum atomic E-state index is -0.355. The summed E-state index contributed by atoms with van der Waals surface area (Å²) in [7, 11) is 1.39. The van der Waals surface area contributed by atoms with Crippen LogP contribution in [0.3, 0.4) is 0 Å². The van der Waals surface area contributed by atoms with Gasteiger partial charge in [-0.25, -0.2) is 4.79 Å². The van der Waals surface area contributed by atoms with Gasteiger partial charge in [-0.15, -0.1) is 0 Å². The zero-order chi connectivity index (χ0) is 18.4. The predicted molar refractivity (Wildman–Crippen MR) is 106 cm³/mol. The predicted octanol–water partition coefficient (Wildman–Crippen LogP) is 6.26. The van der Waals surface area contributed by atoms with Crippen molar-refractivity contribution in [3.05, 3.63) is 74.2 Å². The van der Waals surface area contributed by atoms with E-state index in [4.69, 9.17) is 39.5 Å². The number of esters is 1. The fourth-order valence-electron chi connectivity index (χ4n) is 4.00. The first-order valence-electron chi connectivity index (χ1n) is 8.30. The van der Waals surface area contributed by atoms with Gasteiger partial charge in [-0.3, -0.25) is 0 Å². The summed E-state index contributed by atoms with van der Waals surface area (Å²) in [6.07, 6.45) is 5.20. The number of nitrogens with one attached hydrogen (secondary N) is 1. The number of methoxy groups -OCH3 is 1. The van der Waals surface area contributed by atoms with Gasteiger partial charge in [0.1, 0.15) is 0 Å². The van der Waals surface area contributed by atoms with Gasteiger partial charge in [0, 0.05) is 5.92 Å². The van der Waals surface area contributed by atoms with Crippen molar-refractivity contribution in [2.45, 2.75) is 18.4 Å². The van der Waals surface area contributed by atoms with E-state index in [1.54, 1.807) is 18.2 Å². The van der Waals surface area contributed by atoms with Gasteiger partial charge in [0.05, 0.1) is 39.5 Å². The van der Waals surface area contributed by atoms with Crippen LogP contribution in [0.4, 0.5) is 5.69 Å². The zero-order valence-electron chi connectivity index (χ0n) is 13.9. The number of halogens is 3. The van der Waals surface area contributed by atoms with Crippen LogP contribution in [0.5, 0.6) is 0 Å². The number of anilines is 1. The van der Waals surface area contributed by atoms with Crippen LogP contribution in [0.1, 0.15) is 39.9 Å². The fourth-order valence-corrected chi connectivity index (χ4v) is 4.52. The van der Waals surface area contributed by atoms with Crippen LogP contribution in [0.25, 0.3) is 0 Å². The molecule has 6 heteroatoms. The van der Waals surface area contributed by atoms with Crippen molar-refractivity contribution in [1.82, 2.24) is 0 Å². The Balaban J connectivity index is 1.86.